The van der Waals surface area contributed by atoms with Gasteiger partial charge in [0.1, 0.15) is 12.4 Å². The number of benzene rings is 2. The quantitative estimate of drug-likeness (QED) is 0.360. The molecule has 4 rings (SSSR count). The Morgan fingerprint density at radius 1 is 1.11 bits per heavy atom. The second kappa shape index (κ2) is 11.6. The smallest absolute Gasteiger partial charge is 0.243 e. The fraction of sp³-hybridized carbons (Fsp3) is 0.393. The summed E-state index contributed by atoms with van der Waals surface area (Å²) in [6, 6.07) is 18.1. The fourth-order valence-corrected chi connectivity index (χ4v) is 6.69. The van der Waals surface area contributed by atoms with E-state index in [0.29, 0.717) is 32.0 Å². The highest BCUT2D eigenvalue weighted by Crippen LogP contribution is 2.34. The largest absolute Gasteiger partial charge is 0.491 e. The number of hydrogen-bond donors (Lipinski definition) is 0. The molecule has 0 N–H and O–H groups in total. The van der Waals surface area contributed by atoms with E-state index in [2.05, 4.69) is 19.9 Å². The minimum absolute atomic E-state index is 0.190. The van der Waals surface area contributed by atoms with Crippen LogP contribution in [0.4, 0.5) is 0 Å². The molecule has 1 aliphatic rings. The highest BCUT2D eigenvalue weighted by atomic mass is 32.2. The average Bonchev–Trinajstić information content (AvgIpc) is 3.35. The van der Waals surface area contributed by atoms with Crippen molar-refractivity contribution < 1.29 is 17.9 Å². The van der Waals surface area contributed by atoms with Crippen LogP contribution in [0.3, 0.4) is 0 Å². The molecule has 0 fully saturated rings. The van der Waals surface area contributed by atoms with Gasteiger partial charge in [-0.3, -0.25) is 4.79 Å². The molecule has 2 heterocycles. The van der Waals surface area contributed by atoms with E-state index < -0.39 is 10.0 Å². The van der Waals surface area contributed by atoms with Crippen LogP contribution in [-0.2, 0) is 21.2 Å². The van der Waals surface area contributed by atoms with Gasteiger partial charge < -0.3 is 9.64 Å². The molecule has 0 saturated carbocycles. The van der Waals surface area contributed by atoms with Gasteiger partial charge in [0.15, 0.2) is 0 Å². The maximum atomic E-state index is 13.7. The fourth-order valence-electron chi connectivity index (χ4n) is 4.35. The lowest BCUT2D eigenvalue weighted by molar-refractivity contribution is -0.135. The van der Waals surface area contributed by atoms with Gasteiger partial charge in [0.05, 0.1) is 17.5 Å². The second-order valence-electron chi connectivity index (χ2n) is 9.61. The molecule has 0 saturated heterocycles. The summed E-state index contributed by atoms with van der Waals surface area (Å²) in [5, 5.41) is 2.05. The lowest BCUT2D eigenvalue weighted by atomic mass is 10.0. The summed E-state index contributed by atoms with van der Waals surface area (Å²) in [6.07, 6.45) is 1.44. The number of nitrogens with zero attached hydrogens (tertiary/aromatic N) is 2. The van der Waals surface area contributed by atoms with Crippen LogP contribution in [0.1, 0.15) is 42.3 Å². The van der Waals surface area contributed by atoms with E-state index in [4.69, 9.17) is 4.74 Å². The number of ether oxygens (including phenoxy) is 1. The number of thiophene rings is 1. The van der Waals surface area contributed by atoms with Gasteiger partial charge in [0, 0.05) is 18.0 Å². The van der Waals surface area contributed by atoms with E-state index in [1.165, 1.54) is 9.18 Å². The van der Waals surface area contributed by atoms with E-state index >= 15 is 0 Å². The number of aryl methyl sites for hydroxylation is 1. The summed E-state index contributed by atoms with van der Waals surface area (Å²) in [5.74, 6) is 0.854. The summed E-state index contributed by atoms with van der Waals surface area (Å²) in [4.78, 5) is 17.0. The minimum Gasteiger partial charge on any atom is -0.491 e. The van der Waals surface area contributed by atoms with Crippen LogP contribution in [0.5, 0.6) is 5.75 Å². The standard InChI is InChI=1S/C28H34N2O4S2/c1-21(2)13-16-29(36(32,33)24-11-9-22(3)10-12-24)19-28(31)30-17-14-27-25(15-18-35-27)26(30)20-34-23-7-5-4-6-8-23/h4-12,15,18,21,26H,13-14,16-17,19-20H2,1-3H3/t26-/m0/s1. The van der Waals surface area contributed by atoms with Crippen LogP contribution < -0.4 is 4.74 Å². The molecule has 8 heteroatoms. The molecule has 0 aliphatic carbocycles. The molecule has 1 atom stereocenters. The van der Waals surface area contributed by atoms with Crippen LogP contribution in [-0.4, -0.2) is 49.8 Å². The zero-order valence-electron chi connectivity index (χ0n) is 21.1. The molecule has 3 aromatic rings. The third-order valence-electron chi connectivity index (χ3n) is 6.49. The topological polar surface area (TPSA) is 66.9 Å². The number of carbonyl (C=O) groups is 1. The second-order valence-corrected chi connectivity index (χ2v) is 12.5. The Kier molecular flexibility index (Phi) is 8.49. The van der Waals surface area contributed by atoms with Gasteiger partial charge in [-0.1, -0.05) is 49.7 Å². The van der Waals surface area contributed by atoms with E-state index in [9.17, 15) is 13.2 Å². The SMILES string of the molecule is Cc1ccc(S(=O)(=O)N(CCC(C)C)CC(=O)N2CCc3sccc3[C@@H]2COc2ccccc2)cc1. The van der Waals surface area contributed by atoms with Crippen molar-refractivity contribution in [1.82, 2.24) is 9.21 Å². The van der Waals surface area contributed by atoms with Crippen molar-refractivity contribution in [1.29, 1.82) is 0 Å². The Bertz CT molecular complexity index is 1250. The van der Waals surface area contributed by atoms with Crippen molar-refractivity contribution in [3.05, 3.63) is 82.0 Å². The maximum absolute atomic E-state index is 13.7. The minimum atomic E-state index is -3.81. The lowest BCUT2D eigenvalue weighted by Gasteiger charge is -2.37. The van der Waals surface area contributed by atoms with E-state index in [-0.39, 0.29) is 23.4 Å². The van der Waals surface area contributed by atoms with Crippen LogP contribution in [0, 0.1) is 12.8 Å². The lowest BCUT2D eigenvalue weighted by Crippen LogP contribution is -2.48. The molecule has 192 valence electrons. The first-order chi connectivity index (χ1) is 17.3. The zero-order valence-corrected chi connectivity index (χ0v) is 22.7. The number of carbonyl (C=O) groups excluding carboxylic acids is 1. The summed E-state index contributed by atoms with van der Waals surface area (Å²) < 4.78 is 34.5. The number of para-hydroxylation sites is 1. The van der Waals surface area contributed by atoms with Gasteiger partial charge in [0.2, 0.25) is 15.9 Å². The van der Waals surface area contributed by atoms with Crippen LogP contribution in [0.2, 0.25) is 0 Å². The zero-order chi connectivity index (χ0) is 25.7. The maximum Gasteiger partial charge on any atom is 0.243 e. The van der Waals surface area contributed by atoms with Crippen molar-refractivity contribution in [2.24, 2.45) is 5.92 Å². The van der Waals surface area contributed by atoms with Crippen LogP contribution in [0.25, 0.3) is 0 Å². The molecule has 0 radical (unpaired) electrons. The Morgan fingerprint density at radius 2 is 1.83 bits per heavy atom. The normalized spacial score (nSPS) is 15.8. The third-order valence-corrected chi connectivity index (χ3v) is 9.35. The van der Waals surface area contributed by atoms with E-state index in [1.54, 1.807) is 40.5 Å². The molecule has 1 aliphatic heterocycles. The Labute approximate surface area is 218 Å². The monoisotopic (exact) mass is 526 g/mol. The van der Waals surface area contributed by atoms with Crippen molar-refractivity contribution in [3.63, 3.8) is 0 Å². The van der Waals surface area contributed by atoms with Crippen LogP contribution in [0.15, 0.2) is 70.9 Å². The molecule has 0 spiro atoms. The first kappa shape index (κ1) is 26.4. The first-order valence-electron chi connectivity index (χ1n) is 12.4. The Hall–Kier alpha value is -2.68. The summed E-state index contributed by atoms with van der Waals surface area (Å²) in [7, 11) is -3.81. The number of rotatable bonds is 10. The Morgan fingerprint density at radius 3 is 2.53 bits per heavy atom. The molecule has 1 aromatic heterocycles. The molecule has 2 aromatic carbocycles. The van der Waals surface area contributed by atoms with Crippen molar-refractivity contribution >= 4 is 27.3 Å². The van der Waals surface area contributed by atoms with Gasteiger partial charge in [-0.15, -0.1) is 11.3 Å². The summed E-state index contributed by atoms with van der Waals surface area (Å²) >= 11 is 1.69. The average molecular weight is 527 g/mol. The molecule has 36 heavy (non-hydrogen) atoms. The molecule has 0 unspecified atom stereocenters. The molecule has 1 amide bonds. The van der Waals surface area contributed by atoms with Gasteiger partial charge >= 0.3 is 0 Å². The third kappa shape index (κ3) is 6.17. The van der Waals surface area contributed by atoms with Gasteiger partial charge in [-0.2, -0.15) is 4.31 Å². The van der Waals surface area contributed by atoms with Gasteiger partial charge in [0.25, 0.3) is 0 Å². The van der Waals surface area contributed by atoms with Gasteiger partial charge in [-0.25, -0.2) is 8.42 Å². The van der Waals surface area contributed by atoms with E-state index in [0.717, 1.165) is 23.3 Å². The summed E-state index contributed by atoms with van der Waals surface area (Å²) in [6.45, 7) is 6.99. The van der Waals surface area contributed by atoms with E-state index in [1.807, 2.05) is 42.6 Å². The first-order valence-corrected chi connectivity index (χ1v) is 14.7. The van der Waals surface area contributed by atoms with Crippen molar-refractivity contribution in [2.75, 3.05) is 26.2 Å². The van der Waals surface area contributed by atoms with Gasteiger partial charge in [-0.05, 0) is 67.0 Å². The predicted molar refractivity (Wildman–Crippen MR) is 144 cm³/mol. The van der Waals surface area contributed by atoms with Crippen molar-refractivity contribution in [2.45, 2.75) is 44.6 Å². The number of fused-ring (bicyclic) bond motifs is 1. The number of amides is 1. The number of hydrogen-bond acceptors (Lipinski definition) is 5. The van der Waals surface area contributed by atoms with Crippen LogP contribution >= 0.6 is 11.3 Å². The molecular weight excluding hydrogens is 492 g/mol. The number of sulfonamides is 1. The molecular formula is C28H34N2O4S2. The predicted octanol–water partition coefficient (Wildman–Crippen LogP) is 5.30. The highest BCUT2D eigenvalue weighted by molar-refractivity contribution is 7.89. The molecule has 0 bridgehead atoms. The van der Waals surface area contributed by atoms with Crippen molar-refractivity contribution in [3.8, 4) is 5.75 Å². The highest BCUT2D eigenvalue weighted by Gasteiger charge is 2.35. The summed E-state index contributed by atoms with van der Waals surface area (Å²) in [5.41, 5.74) is 2.07. The Balaban J connectivity index is 1.57. The molecule has 6 nitrogen and oxygen atoms in total.